The average Bonchev–Trinajstić information content (AvgIpc) is 2.73. The monoisotopic (exact) mass is 419 g/mol. The van der Waals surface area contributed by atoms with Crippen molar-refractivity contribution in [2.45, 2.75) is 24.7 Å². The lowest BCUT2D eigenvalue weighted by Gasteiger charge is -2.38. The summed E-state index contributed by atoms with van der Waals surface area (Å²) < 4.78 is 30.0. The maximum absolute atomic E-state index is 13.4. The van der Waals surface area contributed by atoms with Crippen molar-refractivity contribution in [2.75, 3.05) is 33.0 Å². The summed E-state index contributed by atoms with van der Waals surface area (Å²) in [5, 5.41) is 3.49. The number of amides is 1. The Kier molecular flexibility index (Phi) is 5.92. The molecule has 0 aromatic heterocycles. The van der Waals surface area contributed by atoms with Crippen LogP contribution < -0.4 is 14.8 Å². The number of halogens is 2. The molecule has 0 saturated carbocycles. The van der Waals surface area contributed by atoms with Crippen LogP contribution in [0.5, 0.6) is 11.5 Å². The third-order valence-corrected chi connectivity index (χ3v) is 5.83. The van der Waals surface area contributed by atoms with E-state index in [-0.39, 0.29) is 23.6 Å². The summed E-state index contributed by atoms with van der Waals surface area (Å²) in [4.78, 5) is 12.6. The smallest absolute Gasteiger partial charge is 0.224 e. The molecule has 2 aromatic carbocycles. The molecule has 1 saturated heterocycles. The molecule has 0 spiro atoms. The normalized spacial score (nSPS) is 17.6. The van der Waals surface area contributed by atoms with Crippen LogP contribution in [0.2, 0.25) is 5.02 Å². The molecule has 2 aliphatic rings. The Morgan fingerprint density at radius 1 is 1.07 bits per heavy atom. The number of benzene rings is 2. The van der Waals surface area contributed by atoms with E-state index in [1.165, 1.54) is 12.1 Å². The van der Waals surface area contributed by atoms with Gasteiger partial charge in [0.05, 0.1) is 11.4 Å². The minimum Gasteiger partial charge on any atom is -0.486 e. The van der Waals surface area contributed by atoms with Crippen LogP contribution in [-0.4, -0.2) is 38.9 Å². The van der Waals surface area contributed by atoms with Crippen LogP contribution in [0.25, 0.3) is 0 Å². The zero-order valence-electron chi connectivity index (χ0n) is 16.0. The van der Waals surface area contributed by atoms with Crippen molar-refractivity contribution in [1.82, 2.24) is 5.32 Å². The van der Waals surface area contributed by atoms with Crippen molar-refractivity contribution >= 4 is 17.5 Å². The number of hydrogen-bond acceptors (Lipinski definition) is 4. The van der Waals surface area contributed by atoms with Gasteiger partial charge < -0.3 is 19.5 Å². The molecule has 4 rings (SSSR count). The van der Waals surface area contributed by atoms with E-state index in [1.807, 2.05) is 0 Å². The lowest BCUT2D eigenvalue weighted by molar-refractivity contribution is -0.120. The lowest BCUT2D eigenvalue weighted by atomic mass is 9.74. The van der Waals surface area contributed by atoms with Crippen LogP contribution in [0.3, 0.4) is 0 Å². The average molecular weight is 420 g/mol. The molecule has 29 heavy (non-hydrogen) atoms. The molecule has 7 heteroatoms. The fraction of sp³-hybridized carbons (Fsp3) is 0.409. The second-order valence-electron chi connectivity index (χ2n) is 7.45. The van der Waals surface area contributed by atoms with Crippen molar-refractivity contribution in [3.63, 3.8) is 0 Å². The highest BCUT2D eigenvalue weighted by Crippen LogP contribution is 2.38. The quantitative estimate of drug-likeness (QED) is 0.803. The maximum Gasteiger partial charge on any atom is 0.224 e. The van der Waals surface area contributed by atoms with Crippen LogP contribution >= 0.6 is 11.6 Å². The first-order chi connectivity index (χ1) is 14.1. The number of rotatable bonds is 5. The van der Waals surface area contributed by atoms with E-state index < -0.39 is 0 Å². The van der Waals surface area contributed by atoms with E-state index in [0.717, 1.165) is 24.0 Å². The zero-order chi connectivity index (χ0) is 20.3. The van der Waals surface area contributed by atoms with E-state index in [9.17, 15) is 9.18 Å². The van der Waals surface area contributed by atoms with Crippen molar-refractivity contribution in [3.8, 4) is 11.5 Å². The Morgan fingerprint density at radius 3 is 2.55 bits per heavy atom. The first-order valence-electron chi connectivity index (χ1n) is 9.74. The van der Waals surface area contributed by atoms with Gasteiger partial charge in [0.1, 0.15) is 19.0 Å². The molecule has 1 amide bonds. The van der Waals surface area contributed by atoms with Crippen LogP contribution in [0.15, 0.2) is 36.4 Å². The minimum absolute atomic E-state index is 0.106. The molecule has 5 nitrogen and oxygen atoms in total. The number of nitrogens with one attached hydrogen (secondary N) is 1. The van der Waals surface area contributed by atoms with E-state index in [2.05, 4.69) is 5.32 Å². The van der Waals surface area contributed by atoms with E-state index in [4.69, 9.17) is 25.8 Å². The Morgan fingerprint density at radius 2 is 1.79 bits per heavy atom. The van der Waals surface area contributed by atoms with Crippen LogP contribution in [0.4, 0.5) is 4.39 Å². The van der Waals surface area contributed by atoms with Crippen molar-refractivity contribution < 1.29 is 23.4 Å². The standard InChI is InChI=1S/C22H23ClFNO4/c23-18-11-15(12-19-21(18)29-10-9-28-19)13-20(26)25-14-22(5-7-27-8-6-22)16-1-3-17(24)4-2-16/h1-4,11-12H,5-10,13-14H2,(H,25,26). The predicted molar refractivity (Wildman–Crippen MR) is 107 cm³/mol. The van der Waals surface area contributed by atoms with Crippen molar-refractivity contribution in [2.24, 2.45) is 0 Å². The van der Waals surface area contributed by atoms with Crippen LogP contribution in [0, 0.1) is 5.82 Å². The summed E-state index contributed by atoms with van der Waals surface area (Å²) in [7, 11) is 0. The highest BCUT2D eigenvalue weighted by Gasteiger charge is 2.35. The fourth-order valence-corrected chi connectivity index (χ4v) is 4.20. The van der Waals surface area contributed by atoms with Gasteiger partial charge in [0.25, 0.3) is 0 Å². The summed E-state index contributed by atoms with van der Waals surface area (Å²) in [6.07, 6.45) is 1.73. The van der Waals surface area contributed by atoms with Gasteiger partial charge in [-0.25, -0.2) is 4.39 Å². The summed E-state index contributed by atoms with van der Waals surface area (Å²) in [6.45, 7) is 2.62. The molecule has 0 aliphatic carbocycles. The Labute approximate surface area is 174 Å². The Hall–Kier alpha value is -2.31. The third kappa shape index (κ3) is 4.49. The Balaban J connectivity index is 1.45. The van der Waals surface area contributed by atoms with Gasteiger partial charge in [-0.15, -0.1) is 0 Å². The number of carbonyl (C=O) groups excluding carboxylic acids is 1. The molecule has 2 aliphatic heterocycles. The number of ether oxygens (including phenoxy) is 3. The van der Waals surface area contributed by atoms with Crippen LogP contribution in [-0.2, 0) is 21.4 Å². The van der Waals surface area contributed by atoms with Crippen molar-refractivity contribution in [1.29, 1.82) is 0 Å². The third-order valence-electron chi connectivity index (χ3n) is 5.55. The van der Waals surface area contributed by atoms with E-state index in [1.54, 1.807) is 24.3 Å². The molecular weight excluding hydrogens is 397 g/mol. The van der Waals surface area contributed by atoms with Crippen molar-refractivity contribution in [3.05, 3.63) is 58.4 Å². The van der Waals surface area contributed by atoms with Gasteiger partial charge in [0, 0.05) is 25.2 Å². The highest BCUT2D eigenvalue weighted by atomic mass is 35.5. The first kappa shape index (κ1) is 20.0. The lowest BCUT2D eigenvalue weighted by Crippen LogP contribution is -2.45. The molecule has 1 fully saturated rings. The molecule has 0 unspecified atom stereocenters. The first-order valence-corrected chi connectivity index (χ1v) is 10.1. The molecule has 2 aromatic rings. The zero-order valence-corrected chi connectivity index (χ0v) is 16.8. The topological polar surface area (TPSA) is 56.8 Å². The SMILES string of the molecule is O=C(Cc1cc(Cl)c2c(c1)OCCO2)NCC1(c2ccc(F)cc2)CCOCC1. The number of hydrogen-bond donors (Lipinski definition) is 1. The molecule has 0 radical (unpaired) electrons. The molecule has 2 heterocycles. The highest BCUT2D eigenvalue weighted by molar-refractivity contribution is 6.32. The number of fused-ring (bicyclic) bond motifs is 1. The molecule has 154 valence electrons. The second kappa shape index (κ2) is 8.59. The largest absolute Gasteiger partial charge is 0.486 e. The Bertz CT molecular complexity index is 881. The van der Waals surface area contributed by atoms with Crippen LogP contribution in [0.1, 0.15) is 24.0 Å². The minimum atomic E-state index is -0.268. The summed E-state index contributed by atoms with van der Waals surface area (Å²) in [5.41, 5.74) is 1.52. The molecule has 0 bridgehead atoms. The van der Waals surface area contributed by atoms with Gasteiger partial charge in [-0.1, -0.05) is 23.7 Å². The maximum atomic E-state index is 13.4. The summed E-state index contributed by atoms with van der Waals surface area (Å²) >= 11 is 6.26. The molecule has 1 N–H and O–H groups in total. The molecular formula is C22H23ClFNO4. The van der Waals surface area contributed by atoms with Gasteiger partial charge >= 0.3 is 0 Å². The molecule has 0 atom stereocenters. The summed E-state index contributed by atoms with van der Waals surface area (Å²) in [5.74, 6) is 0.722. The number of carbonyl (C=O) groups is 1. The van der Waals surface area contributed by atoms with Gasteiger partial charge in [-0.05, 0) is 48.2 Å². The fourth-order valence-electron chi connectivity index (χ4n) is 3.92. The second-order valence-corrected chi connectivity index (χ2v) is 7.86. The van der Waals surface area contributed by atoms with E-state index >= 15 is 0 Å². The predicted octanol–water partition coefficient (Wildman–Crippen LogP) is 3.66. The van der Waals surface area contributed by atoms with Gasteiger partial charge in [-0.3, -0.25) is 4.79 Å². The summed E-state index contributed by atoms with van der Waals surface area (Å²) in [6, 6.07) is 10.1. The van der Waals surface area contributed by atoms with Gasteiger partial charge in [-0.2, -0.15) is 0 Å². The van der Waals surface area contributed by atoms with E-state index in [0.29, 0.717) is 49.5 Å². The van der Waals surface area contributed by atoms with Gasteiger partial charge in [0.15, 0.2) is 11.5 Å². The van der Waals surface area contributed by atoms with Gasteiger partial charge in [0.2, 0.25) is 5.91 Å².